The molecule has 0 radical (unpaired) electrons. The number of anilines is 1. The third kappa shape index (κ3) is 3.46. The molecule has 2 heterocycles. The first-order valence-corrected chi connectivity index (χ1v) is 7.87. The highest BCUT2D eigenvalue weighted by Gasteiger charge is 2.31. The number of nitrogens with one attached hydrogen (secondary N) is 1. The van der Waals surface area contributed by atoms with Crippen molar-refractivity contribution < 1.29 is 0 Å². The van der Waals surface area contributed by atoms with Gasteiger partial charge in [0, 0.05) is 56.7 Å². The lowest BCUT2D eigenvalue weighted by Gasteiger charge is -2.34. The third-order valence-corrected chi connectivity index (χ3v) is 4.11. The van der Waals surface area contributed by atoms with Crippen LogP contribution in [0.2, 0.25) is 0 Å². The molecule has 1 aliphatic carbocycles. The fourth-order valence-corrected chi connectivity index (χ4v) is 2.74. The maximum Gasteiger partial charge on any atom is 0.225 e. The Morgan fingerprint density at radius 2 is 1.85 bits per heavy atom. The van der Waals surface area contributed by atoms with Crippen LogP contribution in [0.25, 0.3) is 0 Å². The van der Waals surface area contributed by atoms with E-state index in [9.17, 15) is 0 Å². The Morgan fingerprint density at radius 1 is 1.15 bits per heavy atom. The van der Waals surface area contributed by atoms with Gasteiger partial charge in [-0.2, -0.15) is 0 Å². The average Bonchev–Trinajstić information content (AvgIpc) is 3.33. The van der Waals surface area contributed by atoms with Crippen molar-refractivity contribution in [3.63, 3.8) is 0 Å². The summed E-state index contributed by atoms with van der Waals surface area (Å²) in [6.45, 7) is 8.53. The van der Waals surface area contributed by atoms with Gasteiger partial charge < -0.3 is 10.2 Å². The van der Waals surface area contributed by atoms with Crippen LogP contribution in [0.3, 0.4) is 0 Å². The van der Waals surface area contributed by atoms with Gasteiger partial charge in [-0.15, -0.1) is 0 Å². The largest absolute Gasteiger partial charge is 0.338 e. The monoisotopic (exact) mass is 275 g/mol. The van der Waals surface area contributed by atoms with Gasteiger partial charge in [0.25, 0.3) is 0 Å². The maximum absolute atomic E-state index is 4.52. The van der Waals surface area contributed by atoms with Gasteiger partial charge >= 0.3 is 0 Å². The van der Waals surface area contributed by atoms with Crippen molar-refractivity contribution in [2.24, 2.45) is 0 Å². The van der Waals surface area contributed by atoms with E-state index in [2.05, 4.69) is 32.0 Å². The molecule has 0 spiro atoms. The van der Waals surface area contributed by atoms with E-state index >= 15 is 0 Å². The van der Waals surface area contributed by atoms with Crippen molar-refractivity contribution in [1.29, 1.82) is 0 Å². The molecule has 110 valence electrons. The number of hydrogen-bond donors (Lipinski definition) is 1. The van der Waals surface area contributed by atoms with Crippen LogP contribution in [0.4, 0.5) is 5.95 Å². The molecule has 2 aliphatic rings. The van der Waals surface area contributed by atoms with E-state index in [0.29, 0.717) is 0 Å². The van der Waals surface area contributed by atoms with E-state index < -0.39 is 0 Å². The van der Waals surface area contributed by atoms with E-state index in [1.54, 1.807) is 0 Å². The highest BCUT2D eigenvalue weighted by Crippen LogP contribution is 2.27. The summed E-state index contributed by atoms with van der Waals surface area (Å²) in [5.74, 6) is 0.889. The predicted octanol–water partition coefficient (Wildman–Crippen LogP) is 1.26. The van der Waals surface area contributed by atoms with Crippen molar-refractivity contribution in [3.05, 3.63) is 18.0 Å². The van der Waals surface area contributed by atoms with Crippen molar-refractivity contribution in [1.82, 2.24) is 20.2 Å². The lowest BCUT2D eigenvalue weighted by molar-refractivity contribution is 0.247. The summed E-state index contributed by atoms with van der Waals surface area (Å²) < 4.78 is 0. The number of nitrogens with zero attached hydrogens (tertiary/aromatic N) is 4. The Bertz CT molecular complexity index is 407. The fraction of sp³-hybridized carbons (Fsp3) is 0.733. The molecule has 1 saturated heterocycles. The quantitative estimate of drug-likeness (QED) is 0.792. The van der Waals surface area contributed by atoms with Crippen LogP contribution in [0.1, 0.15) is 31.7 Å². The molecular weight excluding hydrogens is 250 g/mol. The van der Waals surface area contributed by atoms with Crippen LogP contribution < -0.4 is 10.2 Å². The van der Waals surface area contributed by atoms with Crippen LogP contribution in [0.15, 0.2) is 12.4 Å². The van der Waals surface area contributed by atoms with Crippen LogP contribution in [-0.2, 0) is 6.54 Å². The molecule has 1 N–H and O–H groups in total. The summed E-state index contributed by atoms with van der Waals surface area (Å²) in [5, 5.41) is 3.38. The molecule has 0 aromatic carbocycles. The first-order chi connectivity index (χ1) is 9.86. The Labute approximate surface area is 121 Å². The van der Waals surface area contributed by atoms with Gasteiger partial charge in [-0.3, -0.25) is 4.90 Å². The van der Waals surface area contributed by atoms with Gasteiger partial charge in [0.05, 0.1) is 0 Å². The molecule has 1 saturated carbocycles. The summed E-state index contributed by atoms with van der Waals surface area (Å²) in [6, 6.07) is 0.880. The van der Waals surface area contributed by atoms with E-state index in [-0.39, 0.29) is 0 Å². The Morgan fingerprint density at radius 3 is 2.45 bits per heavy atom. The van der Waals surface area contributed by atoms with E-state index in [0.717, 1.165) is 57.7 Å². The molecule has 2 fully saturated rings. The molecule has 20 heavy (non-hydrogen) atoms. The standard InChI is InChI=1S/C15H25N5/c1-2-5-16-10-13-11-17-15(18-12-13)20-8-6-19(7-9-20)14-3-4-14/h11-12,14,16H,2-10H2,1H3. The van der Waals surface area contributed by atoms with Gasteiger partial charge in [-0.05, 0) is 25.8 Å². The molecule has 0 unspecified atom stereocenters. The maximum atomic E-state index is 4.52. The smallest absolute Gasteiger partial charge is 0.225 e. The second-order valence-corrected chi connectivity index (χ2v) is 5.82. The second kappa shape index (κ2) is 6.50. The minimum atomic E-state index is 0.865. The van der Waals surface area contributed by atoms with Gasteiger partial charge in [0.1, 0.15) is 0 Å². The minimum absolute atomic E-state index is 0.865. The predicted molar refractivity (Wildman–Crippen MR) is 80.8 cm³/mol. The number of rotatable bonds is 6. The molecule has 0 bridgehead atoms. The van der Waals surface area contributed by atoms with E-state index in [1.165, 1.54) is 18.4 Å². The Hall–Kier alpha value is -1.20. The van der Waals surface area contributed by atoms with Crippen LogP contribution >= 0.6 is 0 Å². The lowest BCUT2D eigenvalue weighted by atomic mass is 10.3. The lowest BCUT2D eigenvalue weighted by Crippen LogP contribution is -2.47. The van der Waals surface area contributed by atoms with Gasteiger partial charge in [0.2, 0.25) is 5.95 Å². The molecule has 5 heteroatoms. The van der Waals surface area contributed by atoms with Gasteiger partial charge in [-0.1, -0.05) is 6.92 Å². The molecular formula is C15H25N5. The zero-order chi connectivity index (χ0) is 13.8. The number of piperazine rings is 1. The van der Waals surface area contributed by atoms with E-state index in [1.807, 2.05) is 12.4 Å². The molecule has 0 atom stereocenters. The highest BCUT2D eigenvalue weighted by molar-refractivity contribution is 5.30. The zero-order valence-corrected chi connectivity index (χ0v) is 12.4. The average molecular weight is 275 g/mol. The topological polar surface area (TPSA) is 44.3 Å². The fourth-order valence-electron chi connectivity index (χ4n) is 2.74. The van der Waals surface area contributed by atoms with Gasteiger partial charge in [-0.25, -0.2) is 9.97 Å². The summed E-state index contributed by atoms with van der Waals surface area (Å²) in [6.07, 6.45) is 7.87. The van der Waals surface area contributed by atoms with Crippen molar-refractivity contribution >= 4 is 5.95 Å². The Kier molecular flexibility index (Phi) is 4.47. The van der Waals surface area contributed by atoms with Crippen LogP contribution in [0.5, 0.6) is 0 Å². The van der Waals surface area contributed by atoms with Crippen molar-refractivity contribution in [2.75, 3.05) is 37.6 Å². The molecule has 1 aromatic rings. The highest BCUT2D eigenvalue weighted by atomic mass is 15.3. The third-order valence-electron chi connectivity index (χ3n) is 4.11. The molecule has 1 aromatic heterocycles. The summed E-state index contributed by atoms with van der Waals surface area (Å²) in [5.41, 5.74) is 1.17. The Balaban J connectivity index is 1.49. The van der Waals surface area contributed by atoms with Crippen LogP contribution in [-0.4, -0.2) is 53.6 Å². The first-order valence-electron chi connectivity index (χ1n) is 7.87. The summed E-state index contributed by atoms with van der Waals surface area (Å²) in [4.78, 5) is 14.0. The summed E-state index contributed by atoms with van der Waals surface area (Å²) >= 11 is 0. The number of aromatic nitrogens is 2. The molecule has 1 aliphatic heterocycles. The molecule has 0 amide bonds. The SMILES string of the molecule is CCCNCc1cnc(N2CCN(C3CC3)CC2)nc1. The summed E-state index contributed by atoms with van der Waals surface area (Å²) in [7, 11) is 0. The zero-order valence-electron chi connectivity index (χ0n) is 12.4. The number of hydrogen-bond acceptors (Lipinski definition) is 5. The van der Waals surface area contributed by atoms with Crippen LogP contribution in [0, 0.1) is 0 Å². The molecule has 5 nitrogen and oxygen atoms in total. The first kappa shape index (κ1) is 13.8. The normalized spacial score (nSPS) is 20.4. The second-order valence-electron chi connectivity index (χ2n) is 5.82. The van der Waals surface area contributed by atoms with Gasteiger partial charge in [0.15, 0.2) is 0 Å². The van der Waals surface area contributed by atoms with Crippen molar-refractivity contribution in [2.45, 2.75) is 38.8 Å². The van der Waals surface area contributed by atoms with E-state index in [4.69, 9.17) is 0 Å². The minimum Gasteiger partial charge on any atom is -0.338 e. The van der Waals surface area contributed by atoms with Crippen molar-refractivity contribution in [3.8, 4) is 0 Å². The molecule has 3 rings (SSSR count).